The minimum atomic E-state index is -0.858. The summed E-state index contributed by atoms with van der Waals surface area (Å²) in [5, 5.41) is 2.73. The van der Waals surface area contributed by atoms with Crippen molar-refractivity contribution >= 4 is 5.91 Å². The van der Waals surface area contributed by atoms with E-state index in [-0.39, 0.29) is 11.7 Å². The summed E-state index contributed by atoms with van der Waals surface area (Å²) in [4.78, 5) is 11.4. The fraction of sp³-hybridized carbons (Fsp3) is 0.417. The van der Waals surface area contributed by atoms with E-state index in [0.29, 0.717) is 13.0 Å². The number of hydrogen-bond donors (Lipinski definition) is 2. The minimum absolute atomic E-state index is 0.186. The molecule has 4 heteroatoms. The topological polar surface area (TPSA) is 55.1 Å². The molecule has 0 aliphatic carbocycles. The van der Waals surface area contributed by atoms with Gasteiger partial charge in [0.15, 0.2) is 0 Å². The van der Waals surface area contributed by atoms with Gasteiger partial charge in [-0.1, -0.05) is 12.1 Å². The third-order valence-electron chi connectivity index (χ3n) is 2.20. The molecule has 0 aliphatic heterocycles. The van der Waals surface area contributed by atoms with Crippen molar-refractivity contribution in [2.45, 2.75) is 25.8 Å². The molecule has 0 bridgehead atoms. The van der Waals surface area contributed by atoms with Crippen LogP contribution in [0.25, 0.3) is 0 Å². The lowest BCUT2D eigenvalue weighted by molar-refractivity contribution is -0.125. The molecular weight excluding hydrogens is 207 g/mol. The molecule has 0 aromatic heterocycles. The molecule has 1 rings (SSSR count). The van der Waals surface area contributed by atoms with Crippen molar-refractivity contribution in [3.63, 3.8) is 0 Å². The van der Waals surface area contributed by atoms with Crippen LogP contribution >= 0.6 is 0 Å². The number of nitrogens with one attached hydrogen (secondary N) is 1. The first kappa shape index (κ1) is 12.6. The van der Waals surface area contributed by atoms with Crippen LogP contribution in [0.2, 0.25) is 0 Å². The molecule has 3 nitrogen and oxygen atoms in total. The Kier molecular flexibility index (Phi) is 4.01. The first-order valence-corrected chi connectivity index (χ1v) is 5.21. The van der Waals surface area contributed by atoms with Gasteiger partial charge < -0.3 is 11.1 Å². The molecule has 0 fully saturated rings. The van der Waals surface area contributed by atoms with Crippen LogP contribution in [-0.2, 0) is 11.2 Å². The van der Waals surface area contributed by atoms with Crippen molar-refractivity contribution in [2.75, 3.05) is 6.54 Å². The molecule has 0 saturated carbocycles. The Morgan fingerprint density at radius 1 is 1.38 bits per heavy atom. The van der Waals surface area contributed by atoms with Gasteiger partial charge in [0.2, 0.25) is 5.91 Å². The van der Waals surface area contributed by atoms with E-state index < -0.39 is 5.54 Å². The molecule has 0 spiro atoms. The van der Waals surface area contributed by atoms with Crippen molar-refractivity contribution < 1.29 is 9.18 Å². The second kappa shape index (κ2) is 5.07. The molecule has 0 unspecified atom stereocenters. The second-order valence-electron chi connectivity index (χ2n) is 4.35. The van der Waals surface area contributed by atoms with Gasteiger partial charge in [0.05, 0.1) is 5.54 Å². The van der Waals surface area contributed by atoms with Crippen LogP contribution in [0.3, 0.4) is 0 Å². The summed E-state index contributed by atoms with van der Waals surface area (Å²) < 4.78 is 12.6. The van der Waals surface area contributed by atoms with Crippen molar-refractivity contribution in [3.05, 3.63) is 35.6 Å². The Hall–Kier alpha value is -1.42. The zero-order chi connectivity index (χ0) is 12.2. The standard InChI is InChI=1S/C12H17FN2O/c1-12(2,14)11(16)15-8-7-9-3-5-10(13)6-4-9/h3-6H,7-8,14H2,1-2H3,(H,15,16). The van der Waals surface area contributed by atoms with Gasteiger partial charge in [0.1, 0.15) is 5.82 Å². The summed E-state index contributed by atoms with van der Waals surface area (Å²) in [6.07, 6.45) is 0.669. The minimum Gasteiger partial charge on any atom is -0.354 e. The van der Waals surface area contributed by atoms with Crippen molar-refractivity contribution in [3.8, 4) is 0 Å². The third kappa shape index (κ3) is 3.98. The Bertz CT molecular complexity index is 354. The highest BCUT2D eigenvalue weighted by molar-refractivity contribution is 5.84. The normalized spacial score (nSPS) is 11.2. The van der Waals surface area contributed by atoms with Gasteiger partial charge in [-0.25, -0.2) is 4.39 Å². The lowest BCUT2D eigenvalue weighted by Gasteiger charge is -2.17. The predicted octanol–water partition coefficient (Wildman–Crippen LogP) is 1.22. The van der Waals surface area contributed by atoms with Crippen molar-refractivity contribution in [1.82, 2.24) is 5.32 Å². The third-order valence-corrected chi connectivity index (χ3v) is 2.20. The monoisotopic (exact) mass is 224 g/mol. The average molecular weight is 224 g/mol. The number of halogens is 1. The zero-order valence-corrected chi connectivity index (χ0v) is 9.59. The van der Waals surface area contributed by atoms with Gasteiger partial charge in [0, 0.05) is 6.54 Å². The molecule has 0 heterocycles. The maximum atomic E-state index is 12.6. The number of hydrogen-bond acceptors (Lipinski definition) is 2. The number of nitrogens with two attached hydrogens (primary N) is 1. The largest absolute Gasteiger partial charge is 0.354 e. The number of benzene rings is 1. The molecule has 16 heavy (non-hydrogen) atoms. The fourth-order valence-electron chi connectivity index (χ4n) is 1.20. The van der Waals surface area contributed by atoms with Gasteiger partial charge in [-0.2, -0.15) is 0 Å². The SMILES string of the molecule is CC(C)(N)C(=O)NCCc1ccc(F)cc1. The van der Waals surface area contributed by atoms with Crippen LogP contribution in [0.15, 0.2) is 24.3 Å². The lowest BCUT2D eigenvalue weighted by atomic mass is 10.1. The fourth-order valence-corrected chi connectivity index (χ4v) is 1.20. The van der Waals surface area contributed by atoms with Gasteiger partial charge in [0.25, 0.3) is 0 Å². The highest BCUT2D eigenvalue weighted by Gasteiger charge is 2.20. The van der Waals surface area contributed by atoms with Gasteiger partial charge >= 0.3 is 0 Å². The zero-order valence-electron chi connectivity index (χ0n) is 9.59. The molecule has 1 aromatic rings. The van der Waals surface area contributed by atoms with Gasteiger partial charge in [-0.05, 0) is 38.0 Å². The van der Waals surface area contributed by atoms with Crippen LogP contribution in [0, 0.1) is 5.82 Å². The molecular formula is C12H17FN2O. The number of carbonyl (C=O) groups excluding carboxylic acids is 1. The number of carbonyl (C=O) groups is 1. The smallest absolute Gasteiger partial charge is 0.239 e. The second-order valence-corrected chi connectivity index (χ2v) is 4.35. The first-order chi connectivity index (χ1) is 7.39. The van der Waals surface area contributed by atoms with Crippen LogP contribution in [0.1, 0.15) is 19.4 Å². The van der Waals surface area contributed by atoms with Crippen LogP contribution in [0.5, 0.6) is 0 Å². The molecule has 0 atom stereocenters. The quantitative estimate of drug-likeness (QED) is 0.808. The summed E-state index contributed by atoms with van der Waals surface area (Å²) in [5.41, 5.74) is 5.74. The molecule has 0 aliphatic rings. The van der Waals surface area contributed by atoms with Crippen molar-refractivity contribution in [1.29, 1.82) is 0 Å². The Balaban J connectivity index is 2.36. The van der Waals surface area contributed by atoms with E-state index in [1.54, 1.807) is 26.0 Å². The Labute approximate surface area is 94.8 Å². The summed E-state index contributed by atoms with van der Waals surface area (Å²) in [7, 11) is 0. The predicted molar refractivity (Wildman–Crippen MR) is 61.4 cm³/mol. The van der Waals surface area contributed by atoms with Crippen molar-refractivity contribution in [2.24, 2.45) is 5.73 Å². The summed E-state index contributed by atoms with van der Waals surface area (Å²) in [6, 6.07) is 6.22. The Morgan fingerprint density at radius 3 is 2.44 bits per heavy atom. The van der Waals surface area contributed by atoms with Crippen LogP contribution in [0.4, 0.5) is 4.39 Å². The summed E-state index contributed by atoms with van der Waals surface area (Å²) >= 11 is 0. The van der Waals surface area contributed by atoms with Crippen LogP contribution < -0.4 is 11.1 Å². The maximum absolute atomic E-state index is 12.6. The maximum Gasteiger partial charge on any atom is 0.239 e. The molecule has 0 radical (unpaired) electrons. The average Bonchev–Trinajstić information content (AvgIpc) is 2.19. The number of rotatable bonds is 4. The highest BCUT2D eigenvalue weighted by Crippen LogP contribution is 2.03. The van der Waals surface area contributed by atoms with E-state index in [1.165, 1.54) is 12.1 Å². The van der Waals surface area contributed by atoms with E-state index in [9.17, 15) is 9.18 Å². The molecule has 3 N–H and O–H groups in total. The molecule has 88 valence electrons. The Morgan fingerprint density at radius 2 is 1.94 bits per heavy atom. The molecule has 1 amide bonds. The molecule has 1 aromatic carbocycles. The van der Waals surface area contributed by atoms with E-state index in [0.717, 1.165) is 5.56 Å². The number of amides is 1. The first-order valence-electron chi connectivity index (χ1n) is 5.21. The van der Waals surface area contributed by atoms with Crippen LogP contribution in [-0.4, -0.2) is 18.0 Å². The molecule has 0 saturated heterocycles. The summed E-state index contributed by atoms with van der Waals surface area (Å²) in [5.74, 6) is -0.439. The van der Waals surface area contributed by atoms with E-state index >= 15 is 0 Å². The van der Waals surface area contributed by atoms with E-state index in [4.69, 9.17) is 5.73 Å². The van der Waals surface area contributed by atoms with E-state index in [1.807, 2.05) is 0 Å². The lowest BCUT2D eigenvalue weighted by Crippen LogP contribution is -2.49. The van der Waals surface area contributed by atoms with E-state index in [2.05, 4.69) is 5.32 Å². The van der Waals surface area contributed by atoms with Gasteiger partial charge in [-0.3, -0.25) is 4.79 Å². The highest BCUT2D eigenvalue weighted by atomic mass is 19.1. The summed E-state index contributed by atoms with van der Waals surface area (Å²) in [6.45, 7) is 3.81. The van der Waals surface area contributed by atoms with Gasteiger partial charge in [-0.15, -0.1) is 0 Å².